The van der Waals surface area contributed by atoms with Crippen molar-refractivity contribution in [3.05, 3.63) is 47.5 Å². The van der Waals surface area contributed by atoms with Crippen LogP contribution in [0.2, 0.25) is 0 Å². The van der Waals surface area contributed by atoms with E-state index in [1.807, 2.05) is 24.3 Å². The molecule has 15 heteroatoms. The highest BCUT2D eigenvalue weighted by atomic mass is 32.2. The first kappa shape index (κ1) is 31.4. The topological polar surface area (TPSA) is 168 Å². The van der Waals surface area contributed by atoms with Gasteiger partial charge in [-0.3, -0.25) is 24.0 Å². The van der Waals surface area contributed by atoms with Crippen LogP contribution < -0.4 is 15.8 Å². The molecule has 2 aliphatic carbocycles. The molecule has 3 aliphatic heterocycles. The summed E-state index contributed by atoms with van der Waals surface area (Å²) in [6.45, 7) is 0.472. The van der Waals surface area contributed by atoms with Crippen LogP contribution in [-0.4, -0.2) is 83.5 Å². The van der Waals surface area contributed by atoms with Crippen LogP contribution >= 0.6 is 0 Å². The zero-order valence-corrected chi connectivity index (χ0v) is 25.4. The molecule has 4 amide bonds. The molecule has 0 spiro atoms. The van der Waals surface area contributed by atoms with Gasteiger partial charge in [0.1, 0.15) is 17.7 Å². The number of amides is 4. The molecule has 3 heterocycles. The summed E-state index contributed by atoms with van der Waals surface area (Å²) in [4.78, 5) is 56.4. The Labute approximate surface area is 259 Å². The lowest BCUT2D eigenvalue weighted by atomic mass is 10.0. The zero-order chi connectivity index (χ0) is 32.1. The molecule has 1 saturated heterocycles. The highest BCUT2D eigenvalue weighted by molar-refractivity contribution is 7.91. The third kappa shape index (κ3) is 6.55. The maximum Gasteiger partial charge on any atom is 0.410 e. The Morgan fingerprint density at radius 2 is 1.76 bits per heavy atom. The molecular weight excluding hydrogens is 612 g/mol. The number of carbonyl (C=O) groups is 4. The van der Waals surface area contributed by atoms with Gasteiger partial charge in [0, 0.05) is 38.3 Å². The van der Waals surface area contributed by atoms with Crippen molar-refractivity contribution >= 4 is 33.8 Å². The number of allylic oxidation sites excluding steroid dienone is 1. The first-order chi connectivity index (χ1) is 21.3. The molecule has 0 radical (unpaired) electrons. The lowest BCUT2D eigenvalue weighted by Gasteiger charge is -2.28. The average Bonchev–Trinajstić information content (AvgIpc) is 3.87. The van der Waals surface area contributed by atoms with E-state index in [9.17, 15) is 36.4 Å². The van der Waals surface area contributed by atoms with E-state index in [-0.39, 0.29) is 32.2 Å². The predicted octanol–water partition coefficient (Wildman–Crippen LogP) is 1.68. The molecule has 3 fully saturated rings. The summed E-state index contributed by atoms with van der Waals surface area (Å²) in [7, 11) is -3.95. The summed E-state index contributed by atoms with van der Waals surface area (Å²) >= 11 is 0. The smallest absolute Gasteiger partial charge is 0.410 e. The number of benzene rings is 1. The molecule has 12 nitrogen and oxygen atoms in total. The van der Waals surface area contributed by atoms with E-state index in [0.717, 1.165) is 16.0 Å². The number of sulfonamides is 1. The van der Waals surface area contributed by atoms with Crippen LogP contribution in [0.25, 0.3) is 0 Å². The van der Waals surface area contributed by atoms with E-state index in [4.69, 9.17) is 10.5 Å². The molecule has 0 aromatic heterocycles. The van der Waals surface area contributed by atoms with E-state index in [2.05, 4.69) is 10.0 Å². The van der Waals surface area contributed by atoms with Crippen molar-refractivity contribution in [1.82, 2.24) is 19.8 Å². The number of hydrogen-bond acceptors (Lipinski definition) is 8. The van der Waals surface area contributed by atoms with Gasteiger partial charge in [-0.15, -0.1) is 0 Å². The van der Waals surface area contributed by atoms with Crippen molar-refractivity contribution in [2.75, 3.05) is 6.54 Å². The van der Waals surface area contributed by atoms with Gasteiger partial charge >= 0.3 is 6.09 Å². The molecule has 6 rings (SSSR count). The van der Waals surface area contributed by atoms with E-state index in [1.165, 1.54) is 11.0 Å². The number of nitrogens with two attached hydrogens (primary N) is 1. The Balaban J connectivity index is 1.23. The number of hydrogen-bond donors (Lipinski definition) is 3. The van der Waals surface area contributed by atoms with Crippen LogP contribution in [0.4, 0.5) is 13.6 Å². The Morgan fingerprint density at radius 1 is 1.07 bits per heavy atom. The van der Waals surface area contributed by atoms with Crippen molar-refractivity contribution in [2.45, 2.75) is 99.4 Å². The number of halogens is 2. The Kier molecular flexibility index (Phi) is 8.13. The number of carbonyl (C=O) groups excluding carboxylic acids is 4. The highest BCUT2D eigenvalue weighted by Crippen LogP contribution is 2.46. The van der Waals surface area contributed by atoms with E-state index >= 15 is 0 Å². The van der Waals surface area contributed by atoms with Crippen LogP contribution in [-0.2, 0) is 42.2 Å². The summed E-state index contributed by atoms with van der Waals surface area (Å²) in [5, 5.41) is 2.00. The standard InChI is InChI=1S/C30H37F2N5O7S/c31-29(32)11-4-3-7-20-14-30(20,27(40)35-45(42,43)22-8-9-22)34-25(38)24-13-21(17-37(24)26(39)23(33)10-12-29)44-28(41)36-15-18-5-1-2-6-19(18)16-36/h1-3,5-7,20-24H,4,8-17,33H2,(H,34,38)(H,35,40)/t20-,21-,23+,24+,30-/m1/s1. The van der Waals surface area contributed by atoms with E-state index in [1.54, 1.807) is 6.08 Å². The molecule has 0 unspecified atom stereocenters. The molecule has 1 aromatic rings. The van der Waals surface area contributed by atoms with Gasteiger partial charge in [0.2, 0.25) is 27.8 Å². The summed E-state index contributed by atoms with van der Waals surface area (Å²) in [6.07, 6.45) is 0.753. The Morgan fingerprint density at radius 3 is 2.42 bits per heavy atom. The second-order valence-electron chi connectivity index (χ2n) is 12.8. The number of nitrogens with one attached hydrogen (secondary N) is 2. The van der Waals surface area contributed by atoms with Gasteiger partial charge in [-0.25, -0.2) is 22.0 Å². The van der Waals surface area contributed by atoms with Gasteiger partial charge in [0.05, 0.1) is 17.8 Å². The van der Waals surface area contributed by atoms with Crippen LogP contribution in [0.1, 0.15) is 62.5 Å². The molecule has 1 aromatic carbocycles. The third-order valence-corrected chi connectivity index (χ3v) is 11.2. The average molecular weight is 650 g/mol. The van der Waals surface area contributed by atoms with E-state index < -0.39 is 87.5 Å². The summed E-state index contributed by atoms with van der Waals surface area (Å²) in [5.41, 5.74) is 6.38. The van der Waals surface area contributed by atoms with Crippen molar-refractivity contribution in [3.8, 4) is 0 Å². The monoisotopic (exact) mass is 649 g/mol. The number of fused-ring (bicyclic) bond motifs is 3. The molecule has 4 N–H and O–H groups in total. The number of alkyl halides is 2. The minimum absolute atomic E-state index is 0.0252. The lowest BCUT2D eigenvalue weighted by molar-refractivity contribution is -0.141. The van der Waals surface area contributed by atoms with Crippen molar-refractivity contribution < 1.29 is 41.1 Å². The predicted molar refractivity (Wildman–Crippen MR) is 156 cm³/mol. The molecule has 2 saturated carbocycles. The molecular formula is C30H37F2N5O7S. The van der Waals surface area contributed by atoms with Gasteiger partial charge in [0.25, 0.3) is 5.91 Å². The Bertz CT molecular complexity index is 1510. The van der Waals surface area contributed by atoms with Gasteiger partial charge in [-0.2, -0.15) is 0 Å². The number of rotatable bonds is 4. The molecule has 244 valence electrons. The minimum Gasteiger partial charge on any atom is -0.444 e. The largest absolute Gasteiger partial charge is 0.444 e. The van der Waals surface area contributed by atoms with Crippen LogP contribution in [0.5, 0.6) is 0 Å². The third-order valence-electron chi connectivity index (χ3n) is 9.36. The zero-order valence-electron chi connectivity index (χ0n) is 24.6. The van der Waals surface area contributed by atoms with Crippen LogP contribution in [0.3, 0.4) is 0 Å². The summed E-state index contributed by atoms with van der Waals surface area (Å²) < 4.78 is 62.3. The van der Waals surface area contributed by atoms with Gasteiger partial charge < -0.3 is 20.7 Å². The fraction of sp³-hybridized carbons (Fsp3) is 0.600. The second-order valence-corrected chi connectivity index (χ2v) is 14.7. The fourth-order valence-corrected chi connectivity index (χ4v) is 7.77. The molecule has 5 aliphatic rings. The van der Waals surface area contributed by atoms with Crippen molar-refractivity contribution in [2.24, 2.45) is 11.7 Å². The minimum atomic E-state index is -3.95. The molecule has 0 bridgehead atoms. The number of nitrogens with zero attached hydrogens (tertiary/aromatic N) is 2. The van der Waals surface area contributed by atoms with Gasteiger partial charge in [0.15, 0.2) is 0 Å². The van der Waals surface area contributed by atoms with Crippen LogP contribution in [0, 0.1) is 5.92 Å². The first-order valence-electron chi connectivity index (χ1n) is 15.3. The van der Waals surface area contributed by atoms with Gasteiger partial charge in [-0.05, 0) is 43.2 Å². The highest BCUT2D eigenvalue weighted by Gasteiger charge is 2.62. The summed E-state index contributed by atoms with van der Waals surface area (Å²) in [6, 6.07) is 4.97. The maximum atomic E-state index is 14.6. The van der Waals surface area contributed by atoms with Gasteiger partial charge in [-0.1, -0.05) is 36.4 Å². The molecule has 5 atom stereocenters. The van der Waals surface area contributed by atoms with Crippen molar-refractivity contribution in [1.29, 1.82) is 0 Å². The quantitative estimate of drug-likeness (QED) is 0.414. The lowest BCUT2D eigenvalue weighted by Crippen LogP contribution is -2.57. The first-order valence-corrected chi connectivity index (χ1v) is 16.8. The second kappa shape index (κ2) is 11.6. The normalized spacial score (nSPS) is 31.5. The summed E-state index contributed by atoms with van der Waals surface area (Å²) in [5.74, 6) is -6.18. The van der Waals surface area contributed by atoms with Crippen molar-refractivity contribution in [3.63, 3.8) is 0 Å². The maximum absolute atomic E-state index is 14.6. The van der Waals surface area contributed by atoms with Crippen LogP contribution in [0.15, 0.2) is 36.4 Å². The molecule has 45 heavy (non-hydrogen) atoms. The Hall–Kier alpha value is -3.59. The SMILES string of the molecule is N[C@H]1CCC(F)(F)CCC=C[C@@H]2C[C@@]2(C(=O)NS(=O)(=O)C2CC2)NC(=O)[C@@H]2C[C@@H](OC(=O)N3Cc4ccccc4C3)CN2C1=O. The fourth-order valence-electron chi connectivity index (χ4n) is 6.40. The van der Waals surface area contributed by atoms with E-state index in [0.29, 0.717) is 25.9 Å². The number of ether oxygens (including phenoxy) is 1.